The number of fused-ring (bicyclic) bond motifs is 4. The second-order valence-electron chi connectivity index (χ2n) is 6.13. The van der Waals surface area contributed by atoms with Crippen LogP contribution >= 0.6 is 0 Å². The third-order valence-electron chi connectivity index (χ3n) is 4.27. The number of nitrogens with zero attached hydrogens (tertiary/aromatic N) is 2. The molecule has 0 unspecified atom stereocenters. The van der Waals surface area contributed by atoms with Crippen LogP contribution in [0.25, 0.3) is 33.3 Å². The maximum absolute atomic E-state index is 6.18. The molecule has 1 aliphatic carbocycles. The highest BCUT2D eigenvalue weighted by Gasteiger charge is 2.14. The van der Waals surface area contributed by atoms with E-state index in [4.69, 9.17) is 15.8 Å². The lowest BCUT2D eigenvalue weighted by molar-refractivity contribution is -0.00000547. The van der Waals surface area contributed by atoms with Crippen molar-refractivity contribution in [3.63, 3.8) is 0 Å². The van der Waals surface area contributed by atoms with Gasteiger partial charge in [0.15, 0.2) is 11.3 Å². The Labute approximate surface area is 157 Å². The van der Waals surface area contributed by atoms with Crippen LogP contribution in [0.5, 0.6) is 0 Å². The van der Waals surface area contributed by atoms with Crippen molar-refractivity contribution in [3.8, 4) is 23.8 Å². The lowest BCUT2D eigenvalue weighted by Crippen LogP contribution is -3.00. The molecule has 2 aromatic carbocycles. The van der Waals surface area contributed by atoms with Gasteiger partial charge in [-0.25, -0.2) is 9.56 Å². The number of hydrogen-bond donors (Lipinski definition) is 1. The summed E-state index contributed by atoms with van der Waals surface area (Å²) in [4.78, 5) is 4.85. The predicted molar refractivity (Wildman–Crippen MR) is 103 cm³/mol. The van der Waals surface area contributed by atoms with E-state index in [2.05, 4.69) is 23.4 Å². The predicted octanol–water partition coefficient (Wildman–Crippen LogP) is 0.167. The van der Waals surface area contributed by atoms with Crippen LogP contribution in [0.15, 0.2) is 52.9 Å². The maximum atomic E-state index is 6.18. The fraction of sp³-hybridized carbons (Fsp3) is 0.143. The van der Waals surface area contributed by atoms with E-state index in [1.807, 2.05) is 55.1 Å². The van der Waals surface area contributed by atoms with Gasteiger partial charge in [0, 0.05) is 28.6 Å². The van der Waals surface area contributed by atoms with Gasteiger partial charge >= 0.3 is 0 Å². The Balaban J connectivity index is 0.00000196. The number of rotatable bonds is 2. The summed E-state index contributed by atoms with van der Waals surface area (Å²) in [5.74, 6) is 3.38. The number of anilines is 1. The van der Waals surface area contributed by atoms with Crippen LogP contribution < -0.4 is 27.7 Å². The van der Waals surface area contributed by atoms with Crippen LogP contribution in [0, 0.1) is 12.3 Å². The highest BCUT2D eigenvalue weighted by Crippen LogP contribution is 2.33. The Hall–Kier alpha value is -3.03. The first-order chi connectivity index (χ1) is 12.2. The molecule has 0 aromatic heterocycles. The van der Waals surface area contributed by atoms with Crippen molar-refractivity contribution in [3.05, 3.63) is 53.9 Å². The number of hydrogen-bond acceptors (Lipinski definition) is 3. The monoisotopic (exact) mass is 363 g/mol. The van der Waals surface area contributed by atoms with E-state index in [1.54, 1.807) is 0 Å². The average Bonchev–Trinajstić information content (AvgIpc) is 2.64. The fourth-order valence-corrected chi connectivity index (χ4v) is 3.01. The van der Waals surface area contributed by atoms with Crippen molar-refractivity contribution in [2.24, 2.45) is 0 Å². The quantitative estimate of drug-likeness (QED) is 0.239. The van der Waals surface area contributed by atoms with Crippen molar-refractivity contribution >= 4 is 27.6 Å². The third-order valence-corrected chi connectivity index (χ3v) is 4.27. The minimum absolute atomic E-state index is 0. The van der Waals surface area contributed by atoms with Gasteiger partial charge in [-0.2, -0.15) is 0 Å². The Bertz CT molecular complexity index is 1180. The number of nitrogens with one attached hydrogen (secondary N) is 1. The molecular weight excluding hydrogens is 346 g/mol. The molecule has 1 N–H and O–H groups in total. The summed E-state index contributed by atoms with van der Waals surface area (Å²) >= 11 is 0. The highest BCUT2D eigenvalue weighted by atomic mass is 35.5. The molecule has 26 heavy (non-hydrogen) atoms. The molecule has 2 aliphatic rings. The fourth-order valence-electron chi connectivity index (χ4n) is 3.01. The van der Waals surface area contributed by atoms with Gasteiger partial charge in [-0.15, -0.1) is 6.42 Å². The van der Waals surface area contributed by atoms with Gasteiger partial charge in [-0.05, 0) is 6.07 Å². The highest BCUT2D eigenvalue weighted by molar-refractivity contribution is 6.10. The van der Waals surface area contributed by atoms with Crippen molar-refractivity contribution in [2.45, 2.75) is 0 Å². The zero-order chi connectivity index (χ0) is 17.4. The van der Waals surface area contributed by atoms with Gasteiger partial charge in [-0.3, -0.25) is 0 Å². The van der Waals surface area contributed by atoms with Gasteiger partial charge < -0.3 is 22.1 Å². The summed E-state index contributed by atoms with van der Waals surface area (Å²) in [6.45, 7) is 0.460. The lowest BCUT2D eigenvalue weighted by atomic mass is 10.1. The summed E-state index contributed by atoms with van der Waals surface area (Å²) in [7, 11) is 4.01. The molecule has 0 spiro atoms. The Morgan fingerprint density at radius 2 is 1.88 bits per heavy atom. The van der Waals surface area contributed by atoms with E-state index >= 15 is 0 Å². The van der Waals surface area contributed by atoms with Crippen molar-refractivity contribution in [1.29, 1.82) is 0 Å². The van der Waals surface area contributed by atoms with Crippen LogP contribution in [0.4, 0.5) is 5.69 Å². The second-order valence-corrected chi connectivity index (χ2v) is 6.13. The molecule has 2 aromatic rings. The molecule has 0 bridgehead atoms. The third kappa shape index (κ3) is 2.98. The molecule has 0 fully saturated rings. The van der Waals surface area contributed by atoms with Gasteiger partial charge in [0.05, 0.1) is 12.6 Å². The topological polar surface area (TPSA) is 41.1 Å². The molecule has 0 saturated heterocycles. The standard InChI is InChI=1S/C21H17N3O.ClH/c1-4-11-22-18-13-20-21(16-8-6-5-7-15(16)18)23-17-10-9-14(24(2)3)12-19(17)25-20;/h1,5-10,12-13H,11H2,2-3H3;1H. The minimum Gasteiger partial charge on any atom is -1.00 e. The number of halogens is 1. The van der Waals surface area contributed by atoms with Crippen LogP contribution in [-0.4, -0.2) is 25.6 Å². The van der Waals surface area contributed by atoms with E-state index in [-0.39, 0.29) is 12.4 Å². The number of benzene rings is 3. The second kappa shape index (κ2) is 7.07. The SMILES string of the molecule is C#CCNc1cc2oc3cc(=[N+](C)C)ccc-3nc2c2ccccc12.[Cl-]. The van der Waals surface area contributed by atoms with Gasteiger partial charge in [0.25, 0.3) is 0 Å². The average molecular weight is 364 g/mol. The summed E-state index contributed by atoms with van der Waals surface area (Å²) in [5.41, 5.74) is 3.39. The van der Waals surface area contributed by atoms with Gasteiger partial charge in [0.2, 0.25) is 5.36 Å². The van der Waals surface area contributed by atoms with Crippen LogP contribution in [0.1, 0.15) is 0 Å². The number of terminal acetylenes is 1. The van der Waals surface area contributed by atoms with Crippen LogP contribution in [-0.2, 0) is 0 Å². The van der Waals surface area contributed by atoms with Crippen molar-refractivity contribution in [1.82, 2.24) is 9.56 Å². The van der Waals surface area contributed by atoms with E-state index in [1.165, 1.54) is 0 Å². The molecule has 130 valence electrons. The van der Waals surface area contributed by atoms with Gasteiger partial charge in [-0.1, -0.05) is 30.2 Å². The van der Waals surface area contributed by atoms with Crippen LogP contribution in [0.2, 0.25) is 0 Å². The van der Waals surface area contributed by atoms with Crippen molar-refractivity contribution < 1.29 is 16.8 Å². The molecule has 4 nitrogen and oxygen atoms in total. The molecule has 0 saturated carbocycles. The molecule has 5 heteroatoms. The molecule has 1 aliphatic heterocycles. The minimum atomic E-state index is 0. The first kappa shape index (κ1) is 17.8. The molecule has 1 heterocycles. The Morgan fingerprint density at radius 3 is 2.62 bits per heavy atom. The Kier molecular flexibility index (Phi) is 4.83. The summed E-state index contributed by atoms with van der Waals surface area (Å²) < 4.78 is 8.23. The van der Waals surface area contributed by atoms with E-state index in [0.29, 0.717) is 6.54 Å². The molecule has 4 rings (SSSR count). The summed E-state index contributed by atoms with van der Waals surface area (Å²) in [5, 5.41) is 6.47. The molecule has 0 radical (unpaired) electrons. The summed E-state index contributed by atoms with van der Waals surface area (Å²) in [6, 6.07) is 16.2. The van der Waals surface area contributed by atoms with Crippen molar-refractivity contribution in [2.75, 3.05) is 26.0 Å². The zero-order valence-corrected chi connectivity index (χ0v) is 15.3. The molecule has 0 amide bonds. The first-order valence-corrected chi connectivity index (χ1v) is 8.11. The van der Waals surface area contributed by atoms with Crippen LogP contribution in [0.3, 0.4) is 0 Å². The van der Waals surface area contributed by atoms with E-state index in [9.17, 15) is 0 Å². The van der Waals surface area contributed by atoms with Gasteiger partial charge in [0.1, 0.15) is 25.3 Å². The zero-order valence-electron chi connectivity index (χ0n) is 14.6. The maximum Gasteiger partial charge on any atom is 0.203 e. The lowest BCUT2D eigenvalue weighted by Gasteiger charge is -2.12. The van der Waals surface area contributed by atoms with E-state index in [0.717, 1.165) is 44.4 Å². The summed E-state index contributed by atoms with van der Waals surface area (Å²) in [6.07, 6.45) is 5.40. The first-order valence-electron chi connectivity index (χ1n) is 8.11. The molecular formula is C21H18ClN3O. The largest absolute Gasteiger partial charge is 1.00 e. The normalized spacial score (nSPS) is 10.5. The molecule has 0 atom stereocenters. The number of aromatic nitrogens is 1. The van der Waals surface area contributed by atoms with E-state index < -0.39 is 0 Å². The Morgan fingerprint density at radius 1 is 1.12 bits per heavy atom. The smallest absolute Gasteiger partial charge is 0.203 e.